The molecule has 0 atom stereocenters. The van der Waals surface area contributed by atoms with Crippen molar-refractivity contribution in [3.05, 3.63) is 24.0 Å². The molecule has 0 fully saturated rings. The van der Waals surface area contributed by atoms with Crippen LogP contribution < -0.4 is 5.73 Å². The van der Waals surface area contributed by atoms with Crippen LogP contribution in [0.4, 0.5) is 10.1 Å². The van der Waals surface area contributed by atoms with E-state index >= 15 is 0 Å². The van der Waals surface area contributed by atoms with Gasteiger partial charge in [-0.1, -0.05) is 13.8 Å². The van der Waals surface area contributed by atoms with Crippen molar-refractivity contribution in [2.75, 3.05) is 24.7 Å². The van der Waals surface area contributed by atoms with Crippen molar-refractivity contribution >= 4 is 17.4 Å². The fourth-order valence-corrected chi connectivity index (χ4v) is 2.01. The largest absolute Gasteiger partial charge is 0.398 e. The molecule has 0 heterocycles. The number of hydrogen-bond donors (Lipinski definition) is 1. The van der Waals surface area contributed by atoms with Crippen molar-refractivity contribution in [2.45, 2.75) is 18.7 Å². The molecule has 0 aromatic heterocycles. The van der Waals surface area contributed by atoms with E-state index in [0.29, 0.717) is 18.2 Å². The topological polar surface area (TPSA) is 35.2 Å². The maximum absolute atomic E-state index is 12.9. The Kier molecular flexibility index (Phi) is 5.63. The Balaban J connectivity index is 2.29. The second-order valence-corrected chi connectivity index (χ2v) is 5.14. The highest BCUT2D eigenvalue weighted by Crippen LogP contribution is 2.25. The molecule has 0 unspecified atom stereocenters. The Morgan fingerprint density at radius 2 is 2.19 bits per heavy atom. The molecule has 1 aromatic carbocycles. The van der Waals surface area contributed by atoms with E-state index in [2.05, 4.69) is 13.8 Å². The zero-order valence-corrected chi connectivity index (χ0v) is 10.5. The third-order valence-corrected chi connectivity index (χ3v) is 2.95. The van der Waals surface area contributed by atoms with Crippen LogP contribution in [0.2, 0.25) is 0 Å². The van der Waals surface area contributed by atoms with Gasteiger partial charge in [-0.15, -0.1) is 11.8 Å². The van der Waals surface area contributed by atoms with Crippen LogP contribution in [0.1, 0.15) is 13.8 Å². The van der Waals surface area contributed by atoms with Gasteiger partial charge in [-0.05, 0) is 24.1 Å². The van der Waals surface area contributed by atoms with Gasteiger partial charge in [0.15, 0.2) is 0 Å². The first-order chi connectivity index (χ1) is 7.59. The number of anilines is 1. The van der Waals surface area contributed by atoms with Gasteiger partial charge in [-0.25, -0.2) is 4.39 Å². The third-order valence-electron chi connectivity index (χ3n) is 1.91. The van der Waals surface area contributed by atoms with Crippen LogP contribution in [0.5, 0.6) is 0 Å². The van der Waals surface area contributed by atoms with E-state index in [9.17, 15) is 4.39 Å². The standard InChI is InChI=1S/C12H18FNOS/c1-9(2)8-15-5-6-16-12-7-10(13)3-4-11(12)14/h3-4,7,9H,5-6,8,14H2,1-2H3. The molecule has 16 heavy (non-hydrogen) atoms. The van der Waals surface area contributed by atoms with Crippen LogP contribution in [0.3, 0.4) is 0 Å². The van der Waals surface area contributed by atoms with Crippen molar-refractivity contribution in [1.82, 2.24) is 0 Å². The molecule has 0 saturated heterocycles. The molecule has 4 heteroatoms. The number of ether oxygens (including phenoxy) is 1. The quantitative estimate of drug-likeness (QED) is 0.473. The van der Waals surface area contributed by atoms with Crippen molar-refractivity contribution in [2.24, 2.45) is 5.92 Å². The maximum atomic E-state index is 12.9. The molecular formula is C12H18FNOS. The van der Waals surface area contributed by atoms with Crippen LogP contribution in [0, 0.1) is 11.7 Å². The summed E-state index contributed by atoms with van der Waals surface area (Å²) in [7, 11) is 0. The molecule has 0 aliphatic rings. The first-order valence-corrected chi connectivity index (χ1v) is 6.33. The van der Waals surface area contributed by atoms with E-state index in [1.807, 2.05) is 0 Å². The van der Waals surface area contributed by atoms with Gasteiger partial charge in [-0.3, -0.25) is 0 Å². The zero-order valence-electron chi connectivity index (χ0n) is 9.70. The van der Waals surface area contributed by atoms with Crippen molar-refractivity contribution in [1.29, 1.82) is 0 Å². The predicted octanol–water partition coefficient (Wildman–Crippen LogP) is 3.17. The number of benzene rings is 1. The first kappa shape index (κ1) is 13.3. The highest BCUT2D eigenvalue weighted by molar-refractivity contribution is 7.99. The fourth-order valence-electron chi connectivity index (χ4n) is 1.16. The van der Waals surface area contributed by atoms with Gasteiger partial charge in [0.25, 0.3) is 0 Å². The minimum atomic E-state index is -0.250. The van der Waals surface area contributed by atoms with Gasteiger partial charge < -0.3 is 10.5 Å². The minimum Gasteiger partial charge on any atom is -0.398 e. The molecule has 0 spiro atoms. The Hall–Kier alpha value is -0.740. The predicted molar refractivity (Wildman–Crippen MR) is 67.2 cm³/mol. The SMILES string of the molecule is CC(C)COCCSc1cc(F)ccc1N. The molecule has 0 radical (unpaired) electrons. The summed E-state index contributed by atoms with van der Waals surface area (Å²) in [5.41, 5.74) is 6.34. The molecule has 0 aliphatic heterocycles. The fraction of sp³-hybridized carbons (Fsp3) is 0.500. The average molecular weight is 243 g/mol. The van der Waals surface area contributed by atoms with Gasteiger partial charge in [-0.2, -0.15) is 0 Å². The Morgan fingerprint density at radius 1 is 1.44 bits per heavy atom. The van der Waals surface area contributed by atoms with Crippen LogP contribution >= 0.6 is 11.8 Å². The van der Waals surface area contributed by atoms with Crippen molar-refractivity contribution < 1.29 is 9.13 Å². The lowest BCUT2D eigenvalue weighted by atomic mass is 10.2. The van der Waals surface area contributed by atoms with Gasteiger partial charge in [0.1, 0.15) is 5.82 Å². The highest BCUT2D eigenvalue weighted by atomic mass is 32.2. The molecule has 90 valence electrons. The maximum Gasteiger partial charge on any atom is 0.124 e. The van der Waals surface area contributed by atoms with Crippen LogP contribution in [0.15, 0.2) is 23.1 Å². The lowest BCUT2D eigenvalue weighted by Crippen LogP contribution is -2.04. The number of nitrogen functional groups attached to an aromatic ring is 1. The normalized spacial score (nSPS) is 11.0. The summed E-state index contributed by atoms with van der Waals surface area (Å²) in [4.78, 5) is 0.785. The molecule has 0 amide bonds. The molecular weight excluding hydrogens is 225 g/mol. The van der Waals surface area contributed by atoms with E-state index in [0.717, 1.165) is 17.3 Å². The highest BCUT2D eigenvalue weighted by Gasteiger charge is 2.02. The Bertz CT molecular complexity index is 331. The Morgan fingerprint density at radius 3 is 2.88 bits per heavy atom. The van der Waals surface area contributed by atoms with E-state index in [1.165, 1.54) is 23.9 Å². The smallest absolute Gasteiger partial charge is 0.124 e. The van der Waals surface area contributed by atoms with Gasteiger partial charge in [0.2, 0.25) is 0 Å². The Labute approximate surface area is 100 Å². The molecule has 0 bridgehead atoms. The van der Waals surface area contributed by atoms with Crippen molar-refractivity contribution in [3.63, 3.8) is 0 Å². The summed E-state index contributed by atoms with van der Waals surface area (Å²) in [6.45, 7) is 5.65. The van der Waals surface area contributed by atoms with E-state index < -0.39 is 0 Å². The third kappa shape index (κ3) is 4.86. The number of rotatable bonds is 6. The summed E-state index contributed by atoms with van der Waals surface area (Å²) in [5.74, 6) is 1.09. The summed E-state index contributed by atoms with van der Waals surface area (Å²) in [6.07, 6.45) is 0. The first-order valence-electron chi connectivity index (χ1n) is 5.35. The van der Waals surface area contributed by atoms with Gasteiger partial charge in [0, 0.05) is 22.9 Å². The van der Waals surface area contributed by atoms with E-state index in [4.69, 9.17) is 10.5 Å². The second kappa shape index (κ2) is 6.76. The lowest BCUT2D eigenvalue weighted by molar-refractivity contribution is 0.124. The van der Waals surface area contributed by atoms with Crippen LogP contribution in [0.25, 0.3) is 0 Å². The molecule has 1 rings (SSSR count). The number of hydrogen-bond acceptors (Lipinski definition) is 3. The average Bonchev–Trinajstić information content (AvgIpc) is 2.22. The number of halogens is 1. The minimum absolute atomic E-state index is 0.250. The van der Waals surface area contributed by atoms with Crippen LogP contribution in [-0.4, -0.2) is 19.0 Å². The monoisotopic (exact) mass is 243 g/mol. The van der Waals surface area contributed by atoms with Crippen molar-refractivity contribution in [3.8, 4) is 0 Å². The summed E-state index contributed by atoms with van der Waals surface area (Å²) in [5, 5.41) is 0. The molecule has 0 saturated carbocycles. The number of thioether (sulfide) groups is 1. The molecule has 1 aromatic rings. The second-order valence-electron chi connectivity index (χ2n) is 4.00. The van der Waals surface area contributed by atoms with Crippen LogP contribution in [-0.2, 0) is 4.74 Å². The molecule has 2 N–H and O–H groups in total. The summed E-state index contributed by atoms with van der Waals surface area (Å²) >= 11 is 1.52. The van der Waals surface area contributed by atoms with Gasteiger partial charge >= 0.3 is 0 Å². The zero-order chi connectivity index (χ0) is 12.0. The summed E-state index contributed by atoms with van der Waals surface area (Å²) < 4.78 is 18.4. The molecule has 0 aliphatic carbocycles. The van der Waals surface area contributed by atoms with E-state index in [1.54, 1.807) is 6.07 Å². The lowest BCUT2D eigenvalue weighted by Gasteiger charge is -2.07. The molecule has 2 nitrogen and oxygen atoms in total. The summed E-state index contributed by atoms with van der Waals surface area (Å²) in [6, 6.07) is 4.42. The van der Waals surface area contributed by atoms with Gasteiger partial charge in [0.05, 0.1) is 6.61 Å². The van der Waals surface area contributed by atoms with E-state index in [-0.39, 0.29) is 5.82 Å². The number of nitrogens with two attached hydrogens (primary N) is 1.